The van der Waals surface area contributed by atoms with Crippen LogP contribution in [-0.4, -0.2) is 47.1 Å². The van der Waals surface area contributed by atoms with Gasteiger partial charge in [-0.3, -0.25) is 4.79 Å². The normalized spacial score (nSPS) is 13.9. The Bertz CT molecular complexity index is 1350. The van der Waals surface area contributed by atoms with Crippen LogP contribution in [0.25, 0.3) is 10.2 Å². The summed E-state index contributed by atoms with van der Waals surface area (Å²) in [5.74, 6) is -0.155. The molecule has 2 N–H and O–H groups in total. The lowest BCUT2D eigenvalue weighted by atomic mass is 10.1. The Kier molecular flexibility index (Phi) is 7.11. The molecule has 0 spiro atoms. The van der Waals surface area contributed by atoms with Crippen molar-refractivity contribution in [3.63, 3.8) is 0 Å². The molecule has 35 heavy (non-hydrogen) atoms. The van der Waals surface area contributed by atoms with Crippen LogP contribution in [0.1, 0.15) is 21.5 Å². The fraction of sp³-hybridized carbons (Fsp3) is 0.231. The number of para-hydroxylation sites is 1. The third-order valence-corrected chi connectivity index (χ3v) is 7.82. The van der Waals surface area contributed by atoms with Gasteiger partial charge in [0.1, 0.15) is 10.7 Å². The molecule has 4 aromatic rings. The number of carbonyl (C=O) groups is 1. The van der Waals surface area contributed by atoms with Gasteiger partial charge in [-0.2, -0.15) is 0 Å². The molecule has 2 aromatic carbocycles. The van der Waals surface area contributed by atoms with Crippen molar-refractivity contribution in [2.45, 2.75) is 13.2 Å². The fourth-order valence-corrected chi connectivity index (χ4v) is 5.88. The van der Waals surface area contributed by atoms with E-state index in [1.807, 2.05) is 64.9 Å². The first-order chi connectivity index (χ1) is 17.1. The second kappa shape index (κ2) is 10.4. The molecule has 0 bridgehead atoms. The minimum atomic E-state index is -0.155. The van der Waals surface area contributed by atoms with Crippen molar-refractivity contribution in [2.24, 2.45) is 0 Å². The summed E-state index contributed by atoms with van der Waals surface area (Å²) in [6.07, 6.45) is 0. The molecule has 1 aliphatic heterocycles. The number of nitrogens with zero attached hydrogens (tertiary/aromatic N) is 3. The van der Waals surface area contributed by atoms with Crippen LogP contribution in [0.3, 0.4) is 0 Å². The van der Waals surface area contributed by atoms with Crippen LogP contribution in [0.5, 0.6) is 0 Å². The molecule has 3 heterocycles. The van der Waals surface area contributed by atoms with Gasteiger partial charge in [0.2, 0.25) is 0 Å². The maximum absolute atomic E-state index is 13.8. The number of rotatable bonds is 6. The van der Waals surface area contributed by atoms with Gasteiger partial charge in [0.25, 0.3) is 5.91 Å². The summed E-state index contributed by atoms with van der Waals surface area (Å²) in [5.41, 5.74) is 4.40. The number of halogens is 2. The summed E-state index contributed by atoms with van der Waals surface area (Å²) in [6, 6.07) is 17.7. The second-order valence-electron chi connectivity index (χ2n) is 8.32. The fourth-order valence-electron chi connectivity index (χ4n) is 4.34. The predicted molar refractivity (Wildman–Crippen MR) is 144 cm³/mol. The molecule has 1 amide bonds. The van der Waals surface area contributed by atoms with Crippen molar-refractivity contribution >= 4 is 62.0 Å². The number of nitrogens with one attached hydrogen (secondary N) is 1. The number of anilines is 2. The van der Waals surface area contributed by atoms with Gasteiger partial charge in [0, 0.05) is 38.3 Å². The van der Waals surface area contributed by atoms with Crippen molar-refractivity contribution in [1.82, 2.24) is 9.88 Å². The number of aromatic nitrogens is 1. The van der Waals surface area contributed by atoms with Crippen LogP contribution in [0.2, 0.25) is 10.2 Å². The number of fused-ring (bicyclic) bond motifs is 1. The predicted octanol–water partition coefficient (Wildman–Crippen LogP) is 5.67. The highest BCUT2D eigenvalue weighted by Gasteiger charge is 2.29. The Hall–Kier alpha value is -2.84. The smallest absolute Gasteiger partial charge is 0.259 e. The standard InChI is InChI=1S/C26H24Cl2N4O2S/c27-19-8-4-5-9-20(19)31-10-12-32(13-11-31)26(34)21-23(29-14-17-6-2-1-3-7-17)24-22(30-25(21)28)18(15-33)16-35-24/h1-9,16,33H,10-15H2,(H,29,30). The minimum Gasteiger partial charge on any atom is -0.392 e. The Morgan fingerprint density at radius 2 is 1.74 bits per heavy atom. The van der Waals surface area contributed by atoms with Crippen molar-refractivity contribution < 1.29 is 9.90 Å². The van der Waals surface area contributed by atoms with Gasteiger partial charge in [0.05, 0.1) is 33.2 Å². The van der Waals surface area contributed by atoms with Crippen molar-refractivity contribution in [3.05, 3.63) is 86.8 Å². The summed E-state index contributed by atoms with van der Waals surface area (Å²) in [5, 5.41) is 15.9. The molecule has 0 saturated carbocycles. The molecule has 0 radical (unpaired) electrons. The summed E-state index contributed by atoms with van der Waals surface area (Å²) in [7, 11) is 0. The summed E-state index contributed by atoms with van der Waals surface area (Å²) < 4.78 is 0.812. The third-order valence-electron chi connectivity index (χ3n) is 6.19. The van der Waals surface area contributed by atoms with Crippen LogP contribution in [0.4, 0.5) is 11.4 Å². The molecule has 0 atom stereocenters. The number of carbonyl (C=O) groups excluding carboxylic acids is 1. The zero-order valence-corrected chi connectivity index (χ0v) is 21.2. The van der Waals surface area contributed by atoms with Gasteiger partial charge in [-0.05, 0) is 23.1 Å². The molecule has 5 rings (SSSR count). The maximum Gasteiger partial charge on any atom is 0.259 e. The van der Waals surface area contributed by atoms with E-state index < -0.39 is 0 Å². The van der Waals surface area contributed by atoms with Crippen LogP contribution in [0.15, 0.2) is 60.0 Å². The zero-order chi connectivity index (χ0) is 24.4. The highest BCUT2D eigenvalue weighted by Crippen LogP contribution is 2.38. The van der Waals surface area contributed by atoms with Gasteiger partial charge in [-0.15, -0.1) is 11.3 Å². The molecule has 1 fully saturated rings. The number of pyridine rings is 1. The summed E-state index contributed by atoms with van der Waals surface area (Å²) >= 11 is 14.5. The van der Waals surface area contributed by atoms with E-state index in [-0.39, 0.29) is 17.7 Å². The number of piperazine rings is 1. The van der Waals surface area contributed by atoms with E-state index in [0.29, 0.717) is 60.1 Å². The number of aliphatic hydroxyl groups is 1. The van der Waals surface area contributed by atoms with E-state index in [2.05, 4.69) is 15.2 Å². The van der Waals surface area contributed by atoms with Crippen LogP contribution >= 0.6 is 34.5 Å². The number of hydrogen-bond donors (Lipinski definition) is 2. The first-order valence-corrected chi connectivity index (χ1v) is 13.0. The van der Waals surface area contributed by atoms with E-state index in [1.165, 1.54) is 11.3 Å². The Morgan fingerprint density at radius 1 is 1.03 bits per heavy atom. The van der Waals surface area contributed by atoms with Gasteiger partial charge >= 0.3 is 0 Å². The number of benzene rings is 2. The Labute approximate surface area is 217 Å². The highest BCUT2D eigenvalue weighted by molar-refractivity contribution is 7.18. The van der Waals surface area contributed by atoms with E-state index >= 15 is 0 Å². The van der Waals surface area contributed by atoms with E-state index in [4.69, 9.17) is 23.2 Å². The van der Waals surface area contributed by atoms with Crippen LogP contribution < -0.4 is 10.2 Å². The van der Waals surface area contributed by atoms with Crippen molar-refractivity contribution in [3.8, 4) is 0 Å². The summed E-state index contributed by atoms with van der Waals surface area (Å²) in [6.45, 7) is 2.82. The van der Waals surface area contributed by atoms with E-state index in [0.717, 1.165) is 16.0 Å². The van der Waals surface area contributed by atoms with Gasteiger partial charge in [0.15, 0.2) is 0 Å². The van der Waals surface area contributed by atoms with Crippen molar-refractivity contribution in [2.75, 3.05) is 36.4 Å². The Morgan fingerprint density at radius 3 is 2.46 bits per heavy atom. The number of amides is 1. The number of hydrogen-bond acceptors (Lipinski definition) is 6. The molecule has 180 valence electrons. The molecule has 9 heteroatoms. The Balaban J connectivity index is 1.44. The molecular formula is C26H24Cl2N4O2S. The zero-order valence-electron chi connectivity index (χ0n) is 18.9. The van der Waals surface area contributed by atoms with Crippen LogP contribution in [-0.2, 0) is 13.2 Å². The topological polar surface area (TPSA) is 68.7 Å². The molecule has 0 unspecified atom stereocenters. The number of thiophene rings is 1. The minimum absolute atomic E-state index is 0.139. The van der Waals surface area contributed by atoms with Crippen LogP contribution in [0, 0.1) is 0 Å². The number of aliphatic hydroxyl groups excluding tert-OH is 1. The average Bonchev–Trinajstić information content (AvgIpc) is 3.30. The van der Waals surface area contributed by atoms with E-state index in [9.17, 15) is 9.90 Å². The quantitative estimate of drug-likeness (QED) is 0.317. The van der Waals surface area contributed by atoms with Gasteiger partial charge in [-0.25, -0.2) is 4.98 Å². The lowest BCUT2D eigenvalue weighted by Gasteiger charge is -2.36. The second-order valence-corrected chi connectivity index (χ2v) is 9.96. The summed E-state index contributed by atoms with van der Waals surface area (Å²) in [4.78, 5) is 22.3. The monoisotopic (exact) mass is 526 g/mol. The molecule has 1 aliphatic rings. The molecule has 6 nitrogen and oxygen atoms in total. The lowest BCUT2D eigenvalue weighted by Crippen LogP contribution is -2.49. The third kappa shape index (κ3) is 4.82. The van der Waals surface area contributed by atoms with Crippen molar-refractivity contribution in [1.29, 1.82) is 0 Å². The SMILES string of the molecule is O=C(c1c(Cl)nc2c(CO)csc2c1NCc1ccccc1)N1CCN(c2ccccc2Cl)CC1. The molecule has 2 aromatic heterocycles. The lowest BCUT2D eigenvalue weighted by molar-refractivity contribution is 0.0747. The largest absolute Gasteiger partial charge is 0.392 e. The average molecular weight is 527 g/mol. The maximum atomic E-state index is 13.8. The highest BCUT2D eigenvalue weighted by atomic mass is 35.5. The van der Waals surface area contributed by atoms with Gasteiger partial charge < -0.3 is 20.2 Å². The first kappa shape index (κ1) is 23.9. The molecule has 1 saturated heterocycles. The van der Waals surface area contributed by atoms with Gasteiger partial charge in [-0.1, -0.05) is 65.7 Å². The molecular weight excluding hydrogens is 503 g/mol. The molecule has 0 aliphatic carbocycles. The van der Waals surface area contributed by atoms with E-state index in [1.54, 1.807) is 0 Å². The first-order valence-electron chi connectivity index (χ1n) is 11.3.